The maximum atomic E-state index is 11.5. The highest BCUT2D eigenvalue weighted by Gasteiger charge is 2.17. The third kappa shape index (κ3) is 5.74. The van der Waals surface area contributed by atoms with Crippen LogP contribution in [0.15, 0.2) is 0 Å². The molecule has 0 amide bonds. The summed E-state index contributed by atoms with van der Waals surface area (Å²) in [5.41, 5.74) is 0. The highest BCUT2D eigenvalue weighted by atomic mass is 32.2. The van der Waals surface area contributed by atoms with Gasteiger partial charge in [-0.1, -0.05) is 6.92 Å². The van der Waals surface area contributed by atoms with Crippen LogP contribution in [0, 0.1) is 0 Å². The van der Waals surface area contributed by atoms with E-state index in [9.17, 15) is 13.2 Å². The van der Waals surface area contributed by atoms with Crippen molar-refractivity contribution in [2.24, 2.45) is 0 Å². The highest BCUT2D eigenvalue weighted by molar-refractivity contribution is 7.89. The second-order valence-corrected chi connectivity index (χ2v) is 5.39. The van der Waals surface area contributed by atoms with Crippen LogP contribution in [0.25, 0.3) is 0 Å². The molecular formula is C9H19NO4S. The molecule has 0 N–H and O–H groups in total. The van der Waals surface area contributed by atoms with Gasteiger partial charge in [-0.2, -0.15) is 0 Å². The minimum Gasteiger partial charge on any atom is -0.466 e. The van der Waals surface area contributed by atoms with Crippen LogP contribution in [0.2, 0.25) is 0 Å². The van der Waals surface area contributed by atoms with E-state index >= 15 is 0 Å². The van der Waals surface area contributed by atoms with Crippen molar-refractivity contribution in [3.05, 3.63) is 0 Å². The SMILES string of the molecule is CCCS(=O)(=O)N(C)CCC(=O)OCC. The molecule has 0 rings (SSSR count). The van der Waals surface area contributed by atoms with Gasteiger partial charge in [-0.15, -0.1) is 0 Å². The molecule has 0 atom stereocenters. The Morgan fingerprint density at radius 1 is 1.33 bits per heavy atom. The number of carbonyl (C=O) groups is 1. The standard InChI is InChI=1S/C9H19NO4S/c1-4-8-15(12,13)10(3)7-6-9(11)14-5-2/h4-8H2,1-3H3. The molecule has 0 aliphatic carbocycles. The lowest BCUT2D eigenvalue weighted by Gasteiger charge is -2.15. The molecule has 5 nitrogen and oxygen atoms in total. The second-order valence-electron chi connectivity index (χ2n) is 3.19. The van der Waals surface area contributed by atoms with Gasteiger partial charge in [-0.3, -0.25) is 4.79 Å². The van der Waals surface area contributed by atoms with Gasteiger partial charge < -0.3 is 4.74 Å². The number of esters is 1. The number of hydrogen-bond acceptors (Lipinski definition) is 4. The lowest BCUT2D eigenvalue weighted by molar-refractivity contribution is -0.143. The summed E-state index contributed by atoms with van der Waals surface area (Å²) in [6, 6.07) is 0. The first-order chi connectivity index (χ1) is 6.94. The Bertz CT molecular complexity index is 286. The third-order valence-corrected chi connectivity index (χ3v) is 3.93. The number of carbonyl (C=O) groups excluding carboxylic acids is 1. The topological polar surface area (TPSA) is 63.7 Å². The van der Waals surface area contributed by atoms with Crippen LogP contribution >= 0.6 is 0 Å². The van der Waals surface area contributed by atoms with Crippen LogP contribution in [-0.2, 0) is 19.6 Å². The molecule has 6 heteroatoms. The van der Waals surface area contributed by atoms with Crippen LogP contribution in [-0.4, -0.2) is 44.6 Å². The van der Waals surface area contributed by atoms with Crippen molar-refractivity contribution >= 4 is 16.0 Å². The average Bonchev–Trinajstić information content (AvgIpc) is 2.14. The fraction of sp³-hybridized carbons (Fsp3) is 0.889. The summed E-state index contributed by atoms with van der Waals surface area (Å²) in [7, 11) is -1.72. The Hall–Kier alpha value is -0.620. The summed E-state index contributed by atoms with van der Waals surface area (Å²) < 4.78 is 28.9. The first-order valence-corrected chi connectivity index (χ1v) is 6.64. The molecule has 0 fully saturated rings. The van der Waals surface area contributed by atoms with E-state index in [1.54, 1.807) is 13.8 Å². The zero-order valence-corrected chi connectivity index (χ0v) is 10.3. The molecule has 0 aromatic rings. The van der Waals surface area contributed by atoms with Crippen molar-refractivity contribution < 1.29 is 17.9 Å². The van der Waals surface area contributed by atoms with Gasteiger partial charge in [0.1, 0.15) is 0 Å². The van der Waals surface area contributed by atoms with E-state index in [0.717, 1.165) is 0 Å². The zero-order chi connectivity index (χ0) is 11.9. The number of rotatable bonds is 7. The third-order valence-electron chi connectivity index (χ3n) is 1.87. The molecule has 0 aromatic carbocycles. The number of nitrogens with zero attached hydrogens (tertiary/aromatic N) is 1. The van der Waals surface area contributed by atoms with Crippen molar-refractivity contribution in [3.8, 4) is 0 Å². The Balaban J connectivity index is 4.03. The largest absolute Gasteiger partial charge is 0.466 e. The summed E-state index contributed by atoms with van der Waals surface area (Å²) in [6.07, 6.45) is 0.680. The summed E-state index contributed by atoms with van der Waals surface area (Å²) in [4.78, 5) is 11.0. The Labute approximate surface area is 91.5 Å². The van der Waals surface area contributed by atoms with Gasteiger partial charge in [0.15, 0.2) is 0 Å². The molecule has 0 saturated heterocycles. The van der Waals surface area contributed by atoms with Crippen LogP contribution in [0.4, 0.5) is 0 Å². The van der Waals surface area contributed by atoms with Crippen LogP contribution in [0.3, 0.4) is 0 Å². The van der Waals surface area contributed by atoms with Crippen LogP contribution in [0.1, 0.15) is 26.7 Å². The van der Waals surface area contributed by atoms with E-state index in [4.69, 9.17) is 4.74 Å². The Morgan fingerprint density at radius 2 is 1.93 bits per heavy atom. The normalized spacial score (nSPS) is 11.7. The summed E-state index contributed by atoms with van der Waals surface area (Å²) in [6.45, 7) is 4.03. The van der Waals surface area contributed by atoms with E-state index in [0.29, 0.717) is 13.0 Å². The maximum Gasteiger partial charge on any atom is 0.307 e. The molecule has 0 aliphatic heterocycles. The Kier molecular flexibility index (Phi) is 6.51. The molecule has 0 saturated carbocycles. The van der Waals surface area contributed by atoms with E-state index in [-0.39, 0.29) is 24.7 Å². The maximum absolute atomic E-state index is 11.5. The molecule has 0 heterocycles. The smallest absolute Gasteiger partial charge is 0.307 e. The van der Waals surface area contributed by atoms with E-state index in [1.165, 1.54) is 11.4 Å². The first kappa shape index (κ1) is 14.4. The van der Waals surface area contributed by atoms with Crippen molar-refractivity contribution in [3.63, 3.8) is 0 Å². The minimum atomic E-state index is -3.20. The molecule has 0 spiro atoms. The highest BCUT2D eigenvalue weighted by Crippen LogP contribution is 2.01. The van der Waals surface area contributed by atoms with Crippen molar-refractivity contribution in [1.82, 2.24) is 4.31 Å². The summed E-state index contributed by atoms with van der Waals surface area (Å²) in [5.74, 6) is -0.247. The van der Waals surface area contributed by atoms with Gasteiger partial charge in [-0.05, 0) is 13.3 Å². The number of hydrogen-bond donors (Lipinski definition) is 0. The fourth-order valence-corrected chi connectivity index (χ4v) is 2.23. The van der Waals surface area contributed by atoms with Gasteiger partial charge >= 0.3 is 5.97 Å². The Morgan fingerprint density at radius 3 is 2.40 bits per heavy atom. The molecule has 0 aromatic heterocycles. The number of sulfonamides is 1. The lowest BCUT2D eigenvalue weighted by Crippen LogP contribution is -2.31. The molecule has 0 radical (unpaired) electrons. The minimum absolute atomic E-state index is 0.104. The average molecular weight is 237 g/mol. The zero-order valence-electron chi connectivity index (χ0n) is 9.52. The first-order valence-electron chi connectivity index (χ1n) is 5.03. The predicted molar refractivity (Wildman–Crippen MR) is 58.0 cm³/mol. The predicted octanol–water partition coefficient (Wildman–Crippen LogP) is 0.611. The van der Waals surface area contributed by atoms with Gasteiger partial charge in [0.25, 0.3) is 0 Å². The molecule has 0 unspecified atom stereocenters. The molecule has 0 aliphatic rings. The quantitative estimate of drug-likeness (QED) is 0.609. The lowest BCUT2D eigenvalue weighted by atomic mass is 10.4. The van der Waals surface area contributed by atoms with Gasteiger partial charge in [-0.25, -0.2) is 12.7 Å². The molecule has 15 heavy (non-hydrogen) atoms. The van der Waals surface area contributed by atoms with Crippen molar-refractivity contribution in [2.45, 2.75) is 26.7 Å². The van der Waals surface area contributed by atoms with E-state index in [2.05, 4.69) is 0 Å². The fourth-order valence-electron chi connectivity index (χ4n) is 1.03. The van der Waals surface area contributed by atoms with Gasteiger partial charge in [0, 0.05) is 13.6 Å². The monoisotopic (exact) mass is 237 g/mol. The van der Waals surface area contributed by atoms with Crippen molar-refractivity contribution in [1.29, 1.82) is 0 Å². The molecule has 0 bridgehead atoms. The molecule has 90 valence electrons. The van der Waals surface area contributed by atoms with E-state index < -0.39 is 10.0 Å². The second kappa shape index (κ2) is 6.79. The van der Waals surface area contributed by atoms with Gasteiger partial charge in [0.05, 0.1) is 18.8 Å². The van der Waals surface area contributed by atoms with Crippen LogP contribution in [0.5, 0.6) is 0 Å². The number of ether oxygens (including phenoxy) is 1. The van der Waals surface area contributed by atoms with Crippen molar-refractivity contribution in [2.75, 3.05) is 26.0 Å². The summed E-state index contributed by atoms with van der Waals surface area (Å²) >= 11 is 0. The van der Waals surface area contributed by atoms with Crippen LogP contribution < -0.4 is 0 Å². The summed E-state index contributed by atoms with van der Waals surface area (Å²) in [5, 5.41) is 0. The van der Waals surface area contributed by atoms with E-state index in [1.807, 2.05) is 0 Å². The molecular weight excluding hydrogens is 218 g/mol. The van der Waals surface area contributed by atoms with Gasteiger partial charge in [0.2, 0.25) is 10.0 Å².